The third kappa shape index (κ3) is 5.66. The van der Waals surface area contributed by atoms with Gasteiger partial charge in [0.25, 0.3) is 5.52 Å². The number of ketones is 1. The number of carbonyl (C=O) groups excluding carboxylic acids is 2. The number of fused-ring (bicyclic) bond motifs is 5. The highest BCUT2D eigenvalue weighted by atomic mass is 16.5. The van der Waals surface area contributed by atoms with E-state index in [4.69, 9.17) is 9.15 Å². The number of ether oxygens (including phenoxy) is 1. The standard InChI is InChI=1S/C43H48N3O4/c1-8-49-40(48)22-24-45-28(2)42(3,4)33-26-29(17-19-34(33)45)25-31(47)21-23-46-36-20-18-30-13-9-10-14-32(30)41(36)43(5,6)38(46)27-39-44(7)35-15-11-12-16-37(35)50-39/h9-20,26-28H,8,21-25H2,1-7H3/q+1. The van der Waals surface area contributed by atoms with E-state index in [1.54, 1.807) is 0 Å². The first-order valence-electron chi connectivity index (χ1n) is 17.9. The minimum atomic E-state index is -0.327. The van der Waals surface area contributed by atoms with Crippen LogP contribution in [0.3, 0.4) is 0 Å². The Morgan fingerprint density at radius 3 is 2.44 bits per heavy atom. The molecule has 258 valence electrons. The molecule has 7 rings (SSSR count). The summed E-state index contributed by atoms with van der Waals surface area (Å²) in [4.78, 5) is 30.6. The Labute approximate surface area is 295 Å². The molecule has 50 heavy (non-hydrogen) atoms. The maximum absolute atomic E-state index is 13.8. The molecule has 2 aliphatic heterocycles. The quantitative estimate of drug-likeness (QED) is 0.110. The maximum atomic E-state index is 13.8. The van der Waals surface area contributed by atoms with Crippen LogP contribution >= 0.6 is 0 Å². The van der Waals surface area contributed by atoms with Crippen molar-refractivity contribution in [3.05, 3.63) is 107 Å². The lowest BCUT2D eigenvalue weighted by molar-refractivity contribution is -0.652. The second kappa shape index (κ2) is 12.8. The fourth-order valence-corrected chi connectivity index (χ4v) is 8.19. The molecule has 0 radical (unpaired) electrons. The van der Waals surface area contributed by atoms with Crippen LogP contribution in [0.2, 0.25) is 0 Å². The molecule has 0 N–H and O–H groups in total. The van der Waals surface area contributed by atoms with Crippen LogP contribution in [0.4, 0.5) is 11.4 Å². The summed E-state index contributed by atoms with van der Waals surface area (Å²) in [5.74, 6) is 0.803. The van der Waals surface area contributed by atoms with Crippen molar-refractivity contribution in [2.24, 2.45) is 7.05 Å². The second-order valence-electron chi connectivity index (χ2n) is 14.9. The van der Waals surface area contributed by atoms with Crippen molar-refractivity contribution in [2.75, 3.05) is 29.5 Å². The van der Waals surface area contributed by atoms with Crippen molar-refractivity contribution < 1.29 is 23.3 Å². The molecule has 3 heterocycles. The zero-order valence-corrected chi connectivity index (χ0v) is 30.4. The minimum absolute atomic E-state index is 0.122. The zero-order chi connectivity index (χ0) is 35.4. The molecule has 0 spiro atoms. The number of esters is 1. The van der Waals surface area contributed by atoms with Crippen LogP contribution in [0.15, 0.2) is 89.0 Å². The molecule has 7 nitrogen and oxygen atoms in total. The first-order valence-corrected chi connectivity index (χ1v) is 17.9. The molecule has 0 amide bonds. The summed E-state index contributed by atoms with van der Waals surface area (Å²) in [7, 11) is 2.04. The Balaban J connectivity index is 1.16. The fourth-order valence-electron chi connectivity index (χ4n) is 8.19. The molecule has 4 aromatic carbocycles. The van der Waals surface area contributed by atoms with Gasteiger partial charge in [-0.25, -0.2) is 0 Å². The Bertz CT molecular complexity index is 2160. The van der Waals surface area contributed by atoms with Gasteiger partial charge in [-0.1, -0.05) is 82.3 Å². The predicted molar refractivity (Wildman–Crippen MR) is 201 cm³/mol. The summed E-state index contributed by atoms with van der Waals surface area (Å²) < 4.78 is 13.6. The van der Waals surface area contributed by atoms with Crippen LogP contribution < -0.4 is 14.4 Å². The molecule has 0 aliphatic carbocycles. The number of Topliss-reactive ketones (excluding diaryl/α,β-unsaturated/α-hetero) is 1. The van der Waals surface area contributed by atoms with Crippen molar-refractivity contribution in [2.45, 2.75) is 77.7 Å². The third-order valence-corrected chi connectivity index (χ3v) is 11.2. The Morgan fingerprint density at radius 1 is 0.920 bits per heavy atom. The summed E-state index contributed by atoms with van der Waals surface area (Å²) in [6, 6.07) is 27.7. The molecule has 1 atom stereocenters. The van der Waals surface area contributed by atoms with E-state index in [0.717, 1.165) is 39.6 Å². The molecule has 0 saturated heterocycles. The van der Waals surface area contributed by atoms with Crippen LogP contribution in [0.5, 0.6) is 0 Å². The van der Waals surface area contributed by atoms with Gasteiger partial charge in [0, 0.05) is 65.9 Å². The molecule has 0 fully saturated rings. The molecule has 1 unspecified atom stereocenters. The molecule has 5 aromatic rings. The summed E-state index contributed by atoms with van der Waals surface area (Å²) in [6.45, 7) is 14.7. The van der Waals surface area contributed by atoms with E-state index >= 15 is 0 Å². The number of anilines is 2. The van der Waals surface area contributed by atoms with Gasteiger partial charge >= 0.3 is 11.9 Å². The SMILES string of the molecule is CCOC(=O)CCN1c2ccc(CC(=O)CCN3C(=Cc4oc5ccccc5[n+]4C)C(C)(C)c4c3ccc3ccccc43)cc2C(C)(C)C1C. The molecule has 0 bridgehead atoms. The number of oxazole rings is 1. The van der Waals surface area contributed by atoms with Crippen LogP contribution in [-0.2, 0) is 38.6 Å². The lowest BCUT2D eigenvalue weighted by Crippen LogP contribution is -2.40. The van der Waals surface area contributed by atoms with Crippen molar-refractivity contribution in [3.8, 4) is 0 Å². The van der Waals surface area contributed by atoms with Crippen LogP contribution in [0.1, 0.15) is 77.0 Å². The van der Waals surface area contributed by atoms with Gasteiger partial charge in [-0.15, -0.1) is 0 Å². The van der Waals surface area contributed by atoms with Gasteiger partial charge in [-0.2, -0.15) is 4.57 Å². The smallest absolute Gasteiger partial charge is 0.375 e. The van der Waals surface area contributed by atoms with Gasteiger partial charge in [-0.3, -0.25) is 9.59 Å². The average molecular weight is 671 g/mol. The molecule has 7 heteroatoms. The fraction of sp³-hybridized carbons (Fsp3) is 0.372. The number of nitrogens with zero attached hydrogens (tertiary/aromatic N) is 3. The number of carbonyl (C=O) groups is 2. The Kier molecular flexibility index (Phi) is 8.57. The molecule has 2 aliphatic rings. The van der Waals surface area contributed by atoms with Crippen LogP contribution in [0.25, 0.3) is 27.9 Å². The van der Waals surface area contributed by atoms with Crippen molar-refractivity contribution in [1.29, 1.82) is 0 Å². The monoisotopic (exact) mass is 670 g/mol. The molecule has 1 aromatic heterocycles. The van der Waals surface area contributed by atoms with E-state index in [1.807, 2.05) is 32.2 Å². The highest BCUT2D eigenvalue weighted by Gasteiger charge is 2.43. The van der Waals surface area contributed by atoms with Gasteiger partial charge < -0.3 is 19.0 Å². The lowest BCUT2D eigenvalue weighted by atomic mass is 9.80. The van der Waals surface area contributed by atoms with Crippen molar-refractivity contribution in [3.63, 3.8) is 0 Å². The highest BCUT2D eigenvalue weighted by Crippen LogP contribution is 2.51. The number of aryl methyl sites for hydroxylation is 1. The molecular formula is C43H48N3O4+. The van der Waals surface area contributed by atoms with Gasteiger partial charge in [0.15, 0.2) is 0 Å². The highest BCUT2D eigenvalue weighted by molar-refractivity contribution is 5.96. The number of hydrogen-bond acceptors (Lipinski definition) is 6. The van der Waals surface area contributed by atoms with E-state index in [1.165, 1.54) is 21.9 Å². The number of hydrogen-bond donors (Lipinski definition) is 0. The first-order chi connectivity index (χ1) is 23.9. The lowest BCUT2D eigenvalue weighted by Gasteiger charge is -2.31. The van der Waals surface area contributed by atoms with E-state index in [-0.39, 0.29) is 28.6 Å². The van der Waals surface area contributed by atoms with E-state index in [2.05, 4.69) is 116 Å². The average Bonchev–Trinajstić information content (AvgIpc) is 3.60. The Hall–Kier alpha value is -4.91. The minimum Gasteiger partial charge on any atom is -0.466 e. The molecule has 0 saturated carbocycles. The number of benzene rings is 4. The van der Waals surface area contributed by atoms with E-state index in [0.29, 0.717) is 39.0 Å². The van der Waals surface area contributed by atoms with Crippen molar-refractivity contribution in [1.82, 2.24) is 0 Å². The molecular weight excluding hydrogens is 622 g/mol. The first kappa shape index (κ1) is 33.6. The van der Waals surface area contributed by atoms with E-state index in [9.17, 15) is 9.59 Å². The van der Waals surface area contributed by atoms with Crippen LogP contribution in [-0.4, -0.2) is 37.5 Å². The van der Waals surface area contributed by atoms with Crippen LogP contribution in [0, 0.1) is 0 Å². The summed E-state index contributed by atoms with van der Waals surface area (Å²) in [6.07, 6.45) is 3.30. The normalized spacial score (nSPS) is 18.2. The topological polar surface area (TPSA) is 66.9 Å². The van der Waals surface area contributed by atoms with Gasteiger partial charge in [0.05, 0.1) is 19.1 Å². The largest absolute Gasteiger partial charge is 0.466 e. The number of aromatic nitrogens is 1. The summed E-state index contributed by atoms with van der Waals surface area (Å²) >= 11 is 0. The van der Waals surface area contributed by atoms with Gasteiger partial charge in [0.1, 0.15) is 12.8 Å². The summed E-state index contributed by atoms with van der Waals surface area (Å²) in [5.41, 5.74) is 8.35. The van der Waals surface area contributed by atoms with E-state index < -0.39 is 0 Å². The van der Waals surface area contributed by atoms with Gasteiger partial charge in [-0.05, 0) is 59.5 Å². The summed E-state index contributed by atoms with van der Waals surface area (Å²) in [5, 5.41) is 2.44. The zero-order valence-electron chi connectivity index (χ0n) is 30.4. The number of para-hydroxylation sites is 2. The third-order valence-electron chi connectivity index (χ3n) is 11.2. The maximum Gasteiger partial charge on any atom is 0.375 e. The predicted octanol–water partition coefficient (Wildman–Crippen LogP) is 8.19. The second-order valence-corrected chi connectivity index (χ2v) is 14.9. The number of allylic oxidation sites excluding steroid dienone is 1. The number of rotatable bonds is 10. The Morgan fingerprint density at radius 2 is 1.66 bits per heavy atom. The van der Waals surface area contributed by atoms with Crippen molar-refractivity contribution >= 4 is 51.1 Å². The van der Waals surface area contributed by atoms with Gasteiger partial charge in [0.2, 0.25) is 5.58 Å².